The molecule has 0 unspecified atom stereocenters. The number of fused-ring (bicyclic) bond motifs is 1. The normalized spacial score (nSPS) is 12.2. The van der Waals surface area contributed by atoms with Gasteiger partial charge in [-0.2, -0.15) is 0 Å². The van der Waals surface area contributed by atoms with Crippen molar-refractivity contribution >= 4 is 50.5 Å². The van der Waals surface area contributed by atoms with Gasteiger partial charge < -0.3 is 9.47 Å². The van der Waals surface area contributed by atoms with Crippen LogP contribution in [0.1, 0.15) is 44.9 Å². The van der Waals surface area contributed by atoms with Crippen LogP contribution in [0.25, 0.3) is 36.8 Å². The highest BCUT2D eigenvalue weighted by atomic mass is 35.5. The molecular weight excluding hydrogens is 538 g/mol. The minimum atomic E-state index is -0.993. The number of nitro benzene ring substituents is 1. The monoisotopic (exact) mass is 564 g/mol. The molecule has 0 radical (unpaired) electrons. The van der Waals surface area contributed by atoms with Gasteiger partial charge in [0, 0.05) is 33.8 Å². The van der Waals surface area contributed by atoms with Gasteiger partial charge >= 0.3 is 17.3 Å². The van der Waals surface area contributed by atoms with E-state index < -0.39 is 22.6 Å². The number of thiazole rings is 1. The number of hydrogen-bond donors (Lipinski definition) is 0. The van der Waals surface area contributed by atoms with Gasteiger partial charge in [-0.1, -0.05) is 23.7 Å². The van der Waals surface area contributed by atoms with Gasteiger partial charge in [-0.05, 0) is 74.9 Å². The summed E-state index contributed by atoms with van der Waals surface area (Å²) < 4.78 is 12.6. The maximum atomic E-state index is 13.3. The Morgan fingerprint density at radius 3 is 2.44 bits per heavy atom. The summed E-state index contributed by atoms with van der Waals surface area (Å²) in [5.41, 5.74) is 3.61. The van der Waals surface area contributed by atoms with Crippen LogP contribution in [0.2, 0.25) is 5.02 Å². The molecule has 4 rings (SSSR count). The minimum Gasteiger partial charge on any atom is -0.464 e. The number of hydrogen-bond acceptors (Lipinski definition) is 7. The molecule has 8 nitrogen and oxygen atoms in total. The maximum Gasteiger partial charge on any atom is 0.416 e. The van der Waals surface area contributed by atoms with E-state index >= 15 is 0 Å². The molecule has 0 aliphatic heterocycles. The zero-order chi connectivity index (χ0) is 28.5. The Hall–Kier alpha value is -3.84. The lowest BCUT2D eigenvalue weighted by Crippen LogP contribution is -2.29. The van der Waals surface area contributed by atoms with Gasteiger partial charge in [0.15, 0.2) is 6.10 Å². The van der Waals surface area contributed by atoms with Crippen molar-refractivity contribution in [1.29, 1.82) is 0 Å². The average Bonchev–Trinajstić information content (AvgIpc) is 3.30. The first kappa shape index (κ1) is 28.2. The van der Waals surface area contributed by atoms with Crippen LogP contribution in [0.4, 0.5) is 11.4 Å². The summed E-state index contributed by atoms with van der Waals surface area (Å²) in [7, 11) is 0. The van der Waals surface area contributed by atoms with Crippen LogP contribution in [-0.2, 0) is 14.3 Å². The Morgan fingerprint density at radius 1 is 1.18 bits per heavy atom. The number of aromatic nitrogens is 1. The lowest BCUT2D eigenvalue weighted by molar-refractivity contribution is -0.383. The molecule has 4 aromatic rings. The highest BCUT2D eigenvalue weighted by molar-refractivity contribution is 7.22. The van der Waals surface area contributed by atoms with E-state index in [0.29, 0.717) is 26.7 Å². The third-order valence-corrected chi connectivity index (χ3v) is 7.24. The molecule has 0 amide bonds. The fraction of sp³-hybridized carbons (Fsp3) is 0.276. The Kier molecular flexibility index (Phi) is 8.02. The summed E-state index contributed by atoms with van der Waals surface area (Å²) in [6.07, 6.45) is -0.993. The van der Waals surface area contributed by atoms with E-state index in [0.717, 1.165) is 21.4 Å². The Balaban J connectivity index is 2.02. The standard InChI is InChI=1S/C29H27ClN3O5S/c1-7-37-28(34)25(38-29(3,4)5)23-16(2)14-21-26(24(23)17-8-11-19(30)12-9-17)39-27(32-21)18-10-13-22(33(35)36)20(15-18)31-6/h6,8-15,25H,7H2,1-5H3/q+1/t25-/m0/s1. The number of esters is 1. The van der Waals surface area contributed by atoms with Crippen molar-refractivity contribution < 1.29 is 19.2 Å². The van der Waals surface area contributed by atoms with E-state index in [-0.39, 0.29) is 18.0 Å². The summed E-state index contributed by atoms with van der Waals surface area (Å²) in [6.45, 7) is 15.0. The van der Waals surface area contributed by atoms with Crippen LogP contribution >= 0.6 is 22.9 Å². The summed E-state index contributed by atoms with van der Waals surface area (Å²) in [5, 5.41) is 12.5. The Bertz CT molecular complexity index is 1620. The van der Waals surface area contributed by atoms with Gasteiger partial charge in [0.2, 0.25) is 0 Å². The van der Waals surface area contributed by atoms with E-state index in [1.807, 2.05) is 45.9 Å². The quantitative estimate of drug-likeness (QED) is 0.127. The zero-order valence-electron chi connectivity index (χ0n) is 22.1. The molecule has 0 aliphatic rings. The molecule has 1 heterocycles. The lowest BCUT2D eigenvalue weighted by atomic mass is 9.91. The number of aryl methyl sites for hydroxylation is 1. The van der Waals surface area contributed by atoms with Crippen LogP contribution in [0.15, 0.2) is 48.5 Å². The predicted octanol–water partition coefficient (Wildman–Crippen LogP) is 8.51. The second-order valence-electron chi connectivity index (χ2n) is 9.81. The van der Waals surface area contributed by atoms with Gasteiger partial charge in [-0.3, -0.25) is 10.1 Å². The van der Waals surface area contributed by atoms with Crippen LogP contribution in [-0.4, -0.2) is 28.1 Å². The highest BCUT2D eigenvalue weighted by Gasteiger charge is 2.34. The molecule has 0 saturated carbocycles. The predicted molar refractivity (Wildman–Crippen MR) is 155 cm³/mol. The first-order valence-corrected chi connectivity index (χ1v) is 13.4. The molecule has 0 fully saturated rings. The number of ether oxygens (including phenoxy) is 2. The number of halogens is 1. The third-order valence-electron chi connectivity index (χ3n) is 5.85. The molecule has 0 spiro atoms. The minimum absolute atomic E-state index is 0.0486. The van der Waals surface area contributed by atoms with Crippen molar-refractivity contribution in [3.05, 3.63) is 79.6 Å². The number of nitrogens with zero attached hydrogens (tertiary/aromatic N) is 3. The summed E-state index contributed by atoms with van der Waals surface area (Å²) in [4.78, 5) is 32.5. The molecule has 0 aliphatic carbocycles. The van der Waals surface area contributed by atoms with E-state index in [4.69, 9.17) is 32.6 Å². The number of benzene rings is 3. The Labute approximate surface area is 235 Å². The number of rotatable bonds is 7. The number of carbonyl (C=O) groups is 1. The topological polar surface area (TPSA) is 95.9 Å². The van der Waals surface area contributed by atoms with E-state index in [2.05, 4.69) is 4.85 Å². The zero-order valence-corrected chi connectivity index (χ0v) is 23.7. The molecule has 1 aromatic heterocycles. The molecule has 0 N–H and O–H groups in total. The molecule has 0 saturated heterocycles. The average molecular weight is 565 g/mol. The van der Waals surface area contributed by atoms with Crippen LogP contribution in [0.5, 0.6) is 0 Å². The van der Waals surface area contributed by atoms with Crippen molar-refractivity contribution in [1.82, 2.24) is 4.98 Å². The van der Waals surface area contributed by atoms with Crippen molar-refractivity contribution in [3.8, 4) is 28.3 Å². The smallest absolute Gasteiger partial charge is 0.416 e. The highest BCUT2D eigenvalue weighted by Crippen LogP contribution is 2.45. The second kappa shape index (κ2) is 11.1. The summed E-state index contributed by atoms with van der Waals surface area (Å²) >= 11 is 7.59. The van der Waals surface area contributed by atoms with Crippen molar-refractivity contribution in [3.63, 3.8) is 0 Å². The lowest BCUT2D eigenvalue weighted by Gasteiger charge is -2.29. The fourth-order valence-corrected chi connectivity index (χ4v) is 5.53. The maximum absolute atomic E-state index is 13.3. The van der Waals surface area contributed by atoms with E-state index in [9.17, 15) is 14.9 Å². The largest absolute Gasteiger partial charge is 0.464 e. The van der Waals surface area contributed by atoms with Gasteiger partial charge in [0.25, 0.3) is 6.57 Å². The number of nitro groups is 1. The second-order valence-corrected chi connectivity index (χ2v) is 11.2. The van der Waals surface area contributed by atoms with E-state index in [1.165, 1.54) is 23.5 Å². The van der Waals surface area contributed by atoms with Gasteiger partial charge in [0.05, 0.1) is 27.3 Å². The van der Waals surface area contributed by atoms with Crippen LogP contribution in [0, 0.1) is 23.6 Å². The fourth-order valence-electron chi connectivity index (χ4n) is 4.29. The van der Waals surface area contributed by atoms with Gasteiger partial charge in [-0.25, -0.2) is 9.78 Å². The van der Waals surface area contributed by atoms with Crippen LogP contribution in [0.3, 0.4) is 0 Å². The summed E-state index contributed by atoms with van der Waals surface area (Å²) in [6, 6.07) is 13.8. The molecular formula is C29H27ClN3O5S+. The third kappa shape index (κ3) is 5.93. The molecule has 200 valence electrons. The van der Waals surface area contributed by atoms with Crippen molar-refractivity contribution in [2.75, 3.05) is 6.61 Å². The molecule has 39 heavy (non-hydrogen) atoms. The van der Waals surface area contributed by atoms with Crippen molar-refractivity contribution in [2.45, 2.75) is 46.3 Å². The first-order valence-electron chi connectivity index (χ1n) is 12.2. The van der Waals surface area contributed by atoms with E-state index in [1.54, 1.807) is 25.1 Å². The molecule has 0 bridgehead atoms. The van der Waals surface area contributed by atoms with Crippen molar-refractivity contribution in [2.24, 2.45) is 0 Å². The van der Waals surface area contributed by atoms with Gasteiger partial charge in [-0.15, -0.1) is 11.3 Å². The SMILES string of the molecule is C#[N+]c1cc(-c2nc3cc(C)c([C@H](OC(C)(C)C)C(=O)OCC)c(-c4ccc(Cl)cc4)c3s2)ccc1[N+](=O)[O-]. The molecule has 10 heteroatoms. The number of carbonyl (C=O) groups excluding carboxylic acids is 1. The molecule has 3 aromatic carbocycles. The van der Waals surface area contributed by atoms with Crippen LogP contribution < -0.4 is 0 Å². The Morgan fingerprint density at radius 2 is 1.85 bits per heavy atom. The molecule has 1 atom stereocenters. The first-order chi connectivity index (χ1) is 18.4. The van der Waals surface area contributed by atoms with Gasteiger partial charge in [0.1, 0.15) is 5.01 Å². The summed E-state index contributed by atoms with van der Waals surface area (Å²) in [5.74, 6) is -0.487.